The van der Waals surface area contributed by atoms with Crippen LogP contribution in [-0.2, 0) is 4.79 Å². The normalized spacial score (nSPS) is 12.3. The third-order valence-electron chi connectivity index (χ3n) is 2.52. The Morgan fingerprint density at radius 2 is 2.11 bits per heavy atom. The van der Waals surface area contributed by atoms with Gasteiger partial charge < -0.3 is 15.8 Å². The highest BCUT2D eigenvalue weighted by Gasteiger charge is 2.07. The highest BCUT2D eigenvalue weighted by molar-refractivity contribution is 6.32. The molecule has 0 aliphatic carbocycles. The molecule has 1 atom stereocenters. The summed E-state index contributed by atoms with van der Waals surface area (Å²) in [5.41, 5.74) is 6.72. The van der Waals surface area contributed by atoms with Gasteiger partial charge in [-0.2, -0.15) is 0 Å². The topological polar surface area (TPSA) is 64.3 Å². The van der Waals surface area contributed by atoms with Crippen LogP contribution in [0.3, 0.4) is 0 Å². The Bertz CT molecular complexity index is 433. The number of carbonyl (C=O) groups is 1. The quantitative estimate of drug-likeness (QED) is 0.844. The molecule has 4 nitrogen and oxygen atoms in total. The maximum absolute atomic E-state index is 11.4. The maximum Gasteiger partial charge on any atom is 0.223 e. The zero-order valence-electron chi connectivity index (χ0n) is 11.6. The van der Waals surface area contributed by atoms with E-state index in [1.54, 1.807) is 12.1 Å². The predicted molar refractivity (Wildman–Crippen MR) is 77.4 cm³/mol. The van der Waals surface area contributed by atoms with Crippen LogP contribution in [0.2, 0.25) is 5.02 Å². The van der Waals surface area contributed by atoms with Crippen LogP contribution in [0.15, 0.2) is 18.2 Å². The number of rotatable bonds is 6. The molecule has 0 saturated heterocycles. The van der Waals surface area contributed by atoms with Crippen LogP contribution in [0.1, 0.15) is 38.8 Å². The summed E-state index contributed by atoms with van der Waals surface area (Å²) in [6.45, 7) is 6.03. The molecular weight excluding hydrogens is 264 g/mol. The number of hydrogen-bond acceptors (Lipinski definition) is 3. The van der Waals surface area contributed by atoms with E-state index < -0.39 is 0 Å². The Kier molecular flexibility index (Phi) is 6.12. The maximum atomic E-state index is 11.4. The number of halogens is 1. The minimum absolute atomic E-state index is 0.0293. The predicted octanol–water partition coefficient (Wildman–Crippen LogP) is 2.65. The van der Waals surface area contributed by atoms with Gasteiger partial charge in [-0.3, -0.25) is 4.79 Å². The van der Waals surface area contributed by atoms with E-state index in [0.717, 1.165) is 5.56 Å². The van der Waals surface area contributed by atoms with Gasteiger partial charge in [-0.15, -0.1) is 0 Å². The molecule has 0 heterocycles. The van der Waals surface area contributed by atoms with E-state index in [4.69, 9.17) is 22.1 Å². The zero-order valence-corrected chi connectivity index (χ0v) is 12.3. The van der Waals surface area contributed by atoms with Crippen LogP contribution in [0.25, 0.3) is 0 Å². The molecule has 3 N–H and O–H groups in total. The first-order chi connectivity index (χ1) is 8.90. The monoisotopic (exact) mass is 284 g/mol. The average molecular weight is 285 g/mol. The van der Waals surface area contributed by atoms with Crippen molar-refractivity contribution >= 4 is 17.5 Å². The Morgan fingerprint density at radius 1 is 1.42 bits per heavy atom. The van der Waals surface area contributed by atoms with Crippen LogP contribution in [0.4, 0.5) is 0 Å². The van der Waals surface area contributed by atoms with E-state index in [-0.39, 0.29) is 18.0 Å². The summed E-state index contributed by atoms with van der Waals surface area (Å²) in [7, 11) is 0. The molecule has 1 aromatic rings. The summed E-state index contributed by atoms with van der Waals surface area (Å²) >= 11 is 6.09. The lowest BCUT2D eigenvalue weighted by Gasteiger charge is -2.12. The second-order valence-corrected chi connectivity index (χ2v) is 5.21. The molecule has 5 heteroatoms. The Balaban J connectivity index is 2.48. The van der Waals surface area contributed by atoms with E-state index in [2.05, 4.69) is 5.32 Å². The first-order valence-corrected chi connectivity index (χ1v) is 6.75. The minimum Gasteiger partial charge on any atom is -0.491 e. The second kappa shape index (κ2) is 7.36. The molecule has 0 aliphatic heterocycles. The molecule has 19 heavy (non-hydrogen) atoms. The summed E-state index contributed by atoms with van der Waals surface area (Å²) in [6, 6.07) is 5.52. The number of carbonyl (C=O) groups excluding carboxylic acids is 1. The Morgan fingerprint density at radius 3 is 2.63 bits per heavy atom. The summed E-state index contributed by atoms with van der Waals surface area (Å²) in [5.74, 6) is 0.543. The lowest BCUT2D eigenvalue weighted by atomic mass is 10.1. The van der Waals surface area contributed by atoms with Crippen LogP contribution in [0, 0.1) is 0 Å². The fourth-order valence-corrected chi connectivity index (χ4v) is 1.81. The van der Waals surface area contributed by atoms with Crippen molar-refractivity contribution in [3.63, 3.8) is 0 Å². The van der Waals surface area contributed by atoms with E-state index in [1.807, 2.05) is 26.8 Å². The van der Waals surface area contributed by atoms with Crippen molar-refractivity contribution in [3.05, 3.63) is 28.8 Å². The molecule has 0 aromatic heterocycles. The molecular formula is C14H21ClN2O2. The van der Waals surface area contributed by atoms with Gasteiger partial charge in [0.05, 0.1) is 18.1 Å². The molecule has 1 rings (SSSR count). The third kappa shape index (κ3) is 5.49. The molecule has 0 radical (unpaired) electrons. The van der Waals surface area contributed by atoms with Crippen LogP contribution < -0.4 is 15.8 Å². The molecule has 106 valence electrons. The molecule has 0 fully saturated rings. The molecule has 0 bridgehead atoms. The van der Waals surface area contributed by atoms with Crippen molar-refractivity contribution in [2.75, 3.05) is 6.61 Å². The Labute approximate surface area is 119 Å². The SMILES string of the molecule is CC(C)NC(=O)CCOc1ccc([C@H](C)N)cc1Cl. The van der Waals surface area contributed by atoms with E-state index in [1.165, 1.54) is 0 Å². The van der Waals surface area contributed by atoms with Crippen molar-refractivity contribution in [2.24, 2.45) is 5.73 Å². The first kappa shape index (κ1) is 15.8. The van der Waals surface area contributed by atoms with Gasteiger partial charge >= 0.3 is 0 Å². The number of nitrogens with one attached hydrogen (secondary N) is 1. The van der Waals surface area contributed by atoms with Gasteiger partial charge in [0.1, 0.15) is 5.75 Å². The number of benzene rings is 1. The molecule has 1 amide bonds. The van der Waals surface area contributed by atoms with Crippen molar-refractivity contribution in [2.45, 2.75) is 39.3 Å². The molecule has 0 spiro atoms. The van der Waals surface area contributed by atoms with Gasteiger partial charge in [0.2, 0.25) is 5.91 Å². The number of amides is 1. The van der Waals surface area contributed by atoms with Gasteiger partial charge in [0.25, 0.3) is 0 Å². The fraction of sp³-hybridized carbons (Fsp3) is 0.500. The second-order valence-electron chi connectivity index (χ2n) is 4.80. The first-order valence-electron chi connectivity index (χ1n) is 6.37. The summed E-state index contributed by atoms with van der Waals surface area (Å²) in [4.78, 5) is 11.4. The summed E-state index contributed by atoms with van der Waals surface area (Å²) < 4.78 is 5.49. The fourth-order valence-electron chi connectivity index (χ4n) is 1.57. The van der Waals surface area contributed by atoms with Crippen molar-refractivity contribution in [1.29, 1.82) is 0 Å². The Hall–Kier alpha value is -1.26. The number of ether oxygens (including phenoxy) is 1. The van der Waals surface area contributed by atoms with Gasteiger partial charge in [-0.25, -0.2) is 0 Å². The van der Waals surface area contributed by atoms with Crippen LogP contribution in [0.5, 0.6) is 5.75 Å². The van der Waals surface area contributed by atoms with Gasteiger partial charge in [0.15, 0.2) is 0 Å². The van der Waals surface area contributed by atoms with Crippen molar-refractivity contribution in [1.82, 2.24) is 5.32 Å². The average Bonchev–Trinajstić information content (AvgIpc) is 2.29. The van der Waals surface area contributed by atoms with Gasteiger partial charge in [-0.05, 0) is 38.5 Å². The van der Waals surface area contributed by atoms with Crippen LogP contribution >= 0.6 is 11.6 Å². The lowest BCUT2D eigenvalue weighted by Crippen LogP contribution is -2.31. The minimum atomic E-state index is -0.0663. The third-order valence-corrected chi connectivity index (χ3v) is 2.81. The van der Waals surface area contributed by atoms with E-state index in [0.29, 0.717) is 23.8 Å². The van der Waals surface area contributed by atoms with Crippen LogP contribution in [-0.4, -0.2) is 18.6 Å². The highest BCUT2D eigenvalue weighted by Crippen LogP contribution is 2.27. The zero-order chi connectivity index (χ0) is 14.4. The number of nitrogens with two attached hydrogens (primary N) is 1. The molecule has 0 aliphatic rings. The summed E-state index contributed by atoms with van der Waals surface area (Å²) in [6.07, 6.45) is 0.309. The molecule has 0 saturated carbocycles. The van der Waals surface area contributed by atoms with E-state index in [9.17, 15) is 4.79 Å². The van der Waals surface area contributed by atoms with E-state index >= 15 is 0 Å². The summed E-state index contributed by atoms with van der Waals surface area (Å²) in [5, 5.41) is 3.31. The largest absolute Gasteiger partial charge is 0.491 e. The van der Waals surface area contributed by atoms with Crippen molar-refractivity contribution < 1.29 is 9.53 Å². The van der Waals surface area contributed by atoms with Gasteiger partial charge in [0, 0.05) is 12.1 Å². The molecule has 0 unspecified atom stereocenters. The van der Waals surface area contributed by atoms with Crippen molar-refractivity contribution in [3.8, 4) is 5.75 Å². The van der Waals surface area contributed by atoms with Gasteiger partial charge in [-0.1, -0.05) is 17.7 Å². The lowest BCUT2D eigenvalue weighted by molar-refractivity contribution is -0.122. The highest BCUT2D eigenvalue weighted by atomic mass is 35.5. The smallest absolute Gasteiger partial charge is 0.223 e. The molecule has 1 aromatic carbocycles. The standard InChI is InChI=1S/C14H21ClN2O2/c1-9(2)17-14(18)6-7-19-13-5-4-11(10(3)16)8-12(13)15/h4-5,8-10H,6-7,16H2,1-3H3,(H,17,18)/t10-/m0/s1. The number of hydrogen-bond donors (Lipinski definition) is 2.